The molecule has 1 aromatic rings. The SMILES string of the molecule is CCOc1ccccc1C(C)(O)CNCCOC. The number of hydrogen-bond acceptors (Lipinski definition) is 4. The highest BCUT2D eigenvalue weighted by atomic mass is 16.5. The van der Waals surface area contributed by atoms with Gasteiger partial charge >= 0.3 is 0 Å². The maximum absolute atomic E-state index is 10.5. The molecule has 1 unspecified atom stereocenters. The molecule has 18 heavy (non-hydrogen) atoms. The molecule has 0 aliphatic heterocycles. The number of aliphatic hydroxyl groups is 1. The summed E-state index contributed by atoms with van der Waals surface area (Å²) in [7, 11) is 1.66. The molecule has 0 fully saturated rings. The molecular formula is C14H23NO3. The van der Waals surface area contributed by atoms with Crippen LogP contribution in [-0.4, -0.2) is 38.5 Å². The molecule has 0 spiro atoms. The van der Waals surface area contributed by atoms with E-state index in [-0.39, 0.29) is 0 Å². The minimum Gasteiger partial charge on any atom is -0.493 e. The first-order chi connectivity index (χ1) is 8.61. The lowest BCUT2D eigenvalue weighted by molar-refractivity contribution is 0.0519. The molecule has 0 saturated carbocycles. The molecule has 0 heterocycles. The van der Waals surface area contributed by atoms with Crippen molar-refractivity contribution < 1.29 is 14.6 Å². The molecule has 102 valence electrons. The highest BCUT2D eigenvalue weighted by molar-refractivity contribution is 5.37. The lowest BCUT2D eigenvalue weighted by atomic mass is 9.95. The van der Waals surface area contributed by atoms with Crippen LogP contribution in [0.3, 0.4) is 0 Å². The number of para-hydroxylation sites is 1. The normalized spacial score (nSPS) is 14.2. The van der Waals surface area contributed by atoms with Gasteiger partial charge in [0.2, 0.25) is 0 Å². The Bertz CT molecular complexity index is 353. The Kier molecular flexibility index (Phi) is 6.12. The molecule has 0 saturated heterocycles. The Balaban J connectivity index is 2.70. The summed E-state index contributed by atoms with van der Waals surface area (Å²) in [6.07, 6.45) is 0. The van der Waals surface area contributed by atoms with Crippen molar-refractivity contribution in [3.05, 3.63) is 29.8 Å². The first-order valence-electron chi connectivity index (χ1n) is 6.26. The maximum Gasteiger partial charge on any atom is 0.125 e. The van der Waals surface area contributed by atoms with Crippen LogP contribution in [-0.2, 0) is 10.3 Å². The van der Waals surface area contributed by atoms with E-state index in [4.69, 9.17) is 9.47 Å². The van der Waals surface area contributed by atoms with Gasteiger partial charge in [0.05, 0.1) is 13.2 Å². The van der Waals surface area contributed by atoms with Gasteiger partial charge in [0.15, 0.2) is 0 Å². The minimum atomic E-state index is -0.959. The van der Waals surface area contributed by atoms with Gasteiger partial charge in [0, 0.05) is 25.8 Å². The third kappa shape index (κ3) is 4.29. The van der Waals surface area contributed by atoms with Crippen LogP contribution in [0.15, 0.2) is 24.3 Å². The van der Waals surface area contributed by atoms with Crippen LogP contribution in [0.5, 0.6) is 5.75 Å². The van der Waals surface area contributed by atoms with Gasteiger partial charge in [-0.25, -0.2) is 0 Å². The van der Waals surface area contributed by atoms with E-state index < -0.39 is 5.60 Å². The minimum absolute atomic E-state index is 0.459. The molecule has 0 aliphatic carbocycles. The van der Waals surface area contributed by atoms with Crippen molar-refractivity contribution in [3.8, 4) is 5.75 Å². The van der Waals surface area contributed by atoms with E-state index in [1.165, 1.54) is 0 Å². The summed E-state index contributed by atoms with van der Waals surface area (Å²) in [5, 5.41) is 13.7. The monoisotopic (exact) mass is 253 g/mol. The van der Waals surface area contributed by atoms with Crippen molar-refractivity contribution in [2.45, 2.75) is 19.4 Å². The average Bonchev–Trinajstić information content (AvgIpc) is 2.36. The van der Waals surface area contributed by atoms with E-state index in [9.17, 15) is 5.11 Å². The van der Waals surface area contributed by atoms with Crippen LogP contribution in [0.1, 0.15) is 19.4 Å². The van der Waals surface area contributed by atoms with Gasteiger partial charge in [0.25, 0.3) is 0 Å². The fourth-order valence-electron chi connectivity index (χ4n) is 1.79. The number of benzene rings is 1. The summed E-state index contributed by atoms with van der Waals surface area (Å²) in [4.78, 5) is 0. The fourth-order valence-corrected chi connectivity index (χ4v) is 1.79. The highest BCUT2D eigenvalue weighted by Gasteiger charge is 2.26. The zero-order valence-corrected chi connectivity index (χ0v) is 11.4. The molecule has 0 amide bonds. The van der Waals surface area contributed by atoms with Crippen molar-refractivity contribution in [2.75, 3.05) is 33.4 Å². The summed E-state index contributed by atoms with van der Waals surface area (Å²) in [5.74, 6) is 0.735. The number of nitrogens with one attached hydrogen (secondary N) is 1. The van der Waals surface area contributed by atoms with Crippen molar-refractivity contribution in [3.63, 3.8) is 0 Å². The van der Waals surface area contributed by atoms with Crippen LogP contribution >= 0.6 is 0 Å². The van der Waals surface area contributed by atoms with E-state index >= 15 is 0 Å². The van der Waals surface area contributed by atoms with Crippen molar-refractivity contribution in [1.29, 1.82) is 0 Å². The van der Waals surface area contributed by atoms with Gasteiger partial charge < -0.3 is 19.9 Å². The highest BCUT2D eigenvalue weighted by Crippen LogP contribution is 2.29. The van der Waals surface area contributed by atoms with Crippen LogP contribution in [0.4, 0.5) is 0 Å². The second kappa shape index (κ2) is 7.36. The first kappa shape index (κ1) is 15.0. The Hall–Kier alpha value is -1.10. The second-order valence-corrected chi connectivity index (χ2v) is 4.37. The van der Waals surface area contributed by atoms with Gasteiger partial charge in [0.1, 0.15) is 11.4 Å². The summed E-state index contributed by atoms with van der Waals surface area (Å²) in [5.41, 5.74) is -0.156. The Labute approximate surface area is 109 Å². The standard InChI is InChI=1S/C14H23NO3/c1-4-18-13-8-6-5-7-12(13)14(2,16)11-15-9-10-17-3/h5-8,15-16H,4,9-11H2,1-3H3. The molecule has 0 aliphatic rings. The van der Waals surface area contributed by atoms with Crippen molar-refractivity contribution in [1.82, 2.24) is 5.32 Å². The topological polar surface area (TPSA) is 50.7 Å². The number of rotatable bonds is 8. The molecule has 1 atom stereocenters. The molecule has 4 nitrogen and oxygen atoms in total. The molecule has 0 bridgehead atoms. The van der Waals surface area contributed by atoms with Gasteiger partial charge in [-0.2, -0.15) is 0 Å². The molecule has 0 aromatic heterocycles. The quantitative estimate of drug-likeness (QED) is 0.690. The summed E-state index contributed by atoms with van der Waals surface area (Å²) < 4.78 is 10.5. The summed E-state index contributed by atoms with van der Waals surface area (Å²) in [6.45, 7) is 6.10. The maximum atomic E-state index is 10.5. The Morgan fingerprint density at radius 3 is 2.72 bits per heavy atom. The summed E-state index contributed by atoms with van der Waals surface area (Å²) in [6, 6.07) is 7.58. The molecule has 4 heteroatoms. The van der Waals surface area contributed by atoms with E-state index in [1.807, 2.05) is 31.2 Å². The van der Waals surface area contributed by atoms with Crippen LogP contribution in [0.25, 0.3) is 0 Å². The second-order valence-electron chi connectivity index (χ2n) is 4.37. The molecule has 1 rings (SSSR count). The van der Waals surface area contributed by atoms with Gasteiger partial charge in [-0.05, 0) is 19.9 Å². The predicted octanol–water partition coefficient (Wildman–Crippen LogP) is 1.53. The average molecular weight is 253 g/mol. The number of ether oxygens (including phenoxy) is 2. The van der Waals surface area contributed by atoms with E-state index in [2.05, 4.69) is 5.32 Å². The smallest absolute Gasteiger partial charge is 0.125 e. The van der Waals surface area contributed by atoms with Crippen molar-refractivity contribution >= 4 is 0 Å². The first-order valence-corrected chi connectivity index (χ1v) is 6.26. The molecule has 1 aromatic carbocycles. The van der Waals surface area contributed by atoms with E-state index in [1.54, 1.807) is 14.0 Å². The van der Waals surface area contributed by atoms with Crippen LogP contribution in [0, 0.1) is 0 Å². The zero-order valence-electron chi connectivity index (χ0n) is 11.4. The zero-order chi connectivity index (χ0) is 13.4. The van der Waals surface area contributed by atoms with Crippen molar-refractivity contribution in [2.24, 2.45) is 0 Å². The molecule has 0 radical (unpaired) electrons. The van der Waals surface area contributed by atoms with E-state index in [0.29, 0.717) is 26.3 Å². The number of hydrogen-bond donors (Lipinski definition) is 2. The Morgan fingerprint density at radius 2 is 2.06 bits per heavy atom. The predicted molar refractivity (Wildman–Crippen MR) is 71.9 cm³/mol. The molecular weight excluding hydrogens is 230 g/mol. The van der Waals surface area contributed by atoms with Gasteiger partial charge in [-0.15, -0.1) is 0 Å². The van der Waals surface area contributed by atoms with E-state index in [0.717, 1.165) is 11.3 Å². The largest absolute Gasteiger partial charge is 0.493 e. The fraction of sp³-hybridized carbons (Fsp3) is 0.571. The molecule has 2 N–H and O–H groups in total. The summed E-state index contributed by atoms with van der Waals surface area (Å²) >= 11 is 0. The Morgan fingerprint density at radius 1 is 1.33 bits per heavy atom. The third-order valence-corrected chi connectivity index (χ3v) is 2.72. The number of methoxy groups -OCH3 is 1. The van der Waals surface area contributed by atoms with Gasteiger partial charge in [-0.1, -0.05) is 18.2 Å². The lowest BCUT2D eigenvalue weighted by Gasteiger charge is -2.26. The third-order valence-electron chi connectivity index (χ3n) is 2.72. The van der Waals surface area contributed by atoms with Crippen LogP contribution in [0.2, 0.25) is 0 Å². The lowest BCUT2D eigenvalue weighted by Crippen LogP contribution is -2.37. The van der Waals surface area contributed by atoms with Crippen LogP contribution < -0.4 is 10.1 Å². The van der Waals surface area contributed by atoms with Gasteiger partial charge in [-0.3, -0.25) is 0 Å².